The number of hydrogen-bond acceptors (Lipinski definition) is 4. The van der Waals surface area contributed by atoms with Crippen LogP contribution in [0.3, 0.4) is 0 Å². The number of hydrogen-bond donors (Lipinski definition) is 0. The molecule has 0 aliphatic carbocycles. The first kappa shape index (κ1) is 19.4. The molecule has 0 unspecified atom stereocenters. The molecule has 0 radical (unpaired) electrons. The maximum atomic E-state index is 12.7. The highest BCUT2D eigenvalue weighted by Gasteiger charge is 2.24. The van der Waals surface area contributed by atoms with Crippen molar-refractivity contribution in [3.05, 3.63) is 78.9 Å². The van der Waals surface area contributed by atoms with Crippen LogP contribution < -0.4 is 4.57 Å². The molecule has 140 valence electrons. The Kier molecular flexibility index (Phi) is 6.51. The van der Waals surface area contributed by atoms with Crippen molar-refractivity contribution < 1.29 is 18.2 Å². The molecule has 27 heavy (non-hydrogen) atoms. The average Bonchev–Trinajstić information content (AvgIpc) is 2.70. The van der Waals surface area contributed by atoms with Crippen molar-refractivity contribution in [3.63, 3.8) is 0 Å². The Labute approximate surface area is 160 Å². The van der Waals surface area contributed by atoms with Gasteiger partial charge >= 0.3 is 7.60 Å². The number of nitrogens with zero attached hydrogens (tertiary/aromatic N) is 2. The molecule has 0 aliphatic heterocycles. The largest absolute Gasteiger partial charge is 0.335 e. The predicted molar refractivity (Wildman–Crippen MR) is 106 cm³/mol. The maximum Gasteiger partial charge on any atom is 0.335 e. The van der Waals surface area contributed by atoms with Crippen molar-refractivity contribution >= 4 is 7.60 Å². The Morgan fingerprint density at radius 2 is 1.41 bits per heavy atom. The van der Waals surface area contributed by atoms with Crippen LogP contribution in [-0.4, -0.2) is 18.2 Å². The van der Waals surface area contributed by atoms with E-state index in [9.17, 15) is 4.57 Å². The summed E-state index contributed by atoms with van der Waals surface area (Å²) in [5.74, 6) is 0. The lowest BCUT2D eigenvalue weighted by atomic mass is 10.1. The second kappa shape index (κ2) is 9.05. The molecule has 2 aromatic heterocycles. The van der Waals surface area contributed by atoms with Crippen LogP contribution in [0.25, 0.3) is 16.8 Å². The van der Waals surface area contributed by atoms with Crippen LogP contribution in [0, 0.1) is 0 Å². The second-order valence-corrected chi connectivity index (χ2v) is 8.06. The standard InChI is InChI=1S/C21H24N2O3P/c1-3-25-27(24,26-4-2)17-18-5-7-21(8-6-18)23-15-11-20(12-16-23)19-9-13-22-14-10-19/h5-16H,3-4,17H2,1-2H3/q+1. The van der Waals surface area contributed by atoms with E-state index in [0.29, 0.717) is 13.2 Å². The number of rotatable bonds is 8. The van der Waals surface area contributed by atoms with Gasteiger partial charge in [0, 0.05) is 36.7 Å². The minimum atomic E-state index is -3.08. The highest BCUT2D eigenvalue weighted by molar-refractivity contribution is 7.53. The van der Waals surface area contributed by atoms with Gasteiger partial charge in [-0.2, -0.15) is 4.57 Å². The molecule has 3 aromatic rings. The Hall–Kier alpha value is -2.33. The molecular formula is C21H24N2O3P+. The molecule has 0 saturated heterocycles. The zero-order valence-electron chi connectivity index (χ0n) is 15.6. The van der Waals surface area contributed by atoms with Gasteiger partial charge < -0.3 is 9.05 Å². The minimum absolute atomic E-state index is 0.278. The predicted octanol–water partition coefficient (Wildman–Crippen LogP) is 4.79. The third-order valence-corrected chi connectivity index (χ3v) is 6.16. The summed E-state index contributed by atoms with van der Waals surface area (Å²) in [6.45, 7) is 4.38. The second-order valence-electron chi connectivity index (χ2n) is 6.00. The van der Waals surface area contributed by atoms with E-state index in [1.807, 2.05) is 67.2 Å². The van der Waals surface area contributed by atoms with Crippen molar-refractivity contribution in [2.45, 2.75) is 20.0 Å². The van der Waals surface area contributed by atoms with Gasteiger partial charge in [0.05, 0.1) is 19.4 Å². The topological polar surface area (TPSA) is 52.3 Å². The zero-order chi connectivity index (χ0) is 19.1. The van der Waals surface area contributed by atoms with Crippen molar-refractivity contribution in [2.75, 3.05) is 13.2 Å². The first-order valence-electron chi connectivity index (χ1n) is 9.02. The third-order valence-electron chi connectivity index (χ3n) is 4.11. The maximum absolute atomic E-state index is 12.7. The molecule has 5 nitrogen and oxygen atoms in total. The number of aromatic nitrogens is 2. The highest BCUT2D eigenvalue weighted by atomic mass is 31.2. The van der Waals surface area contributed by atoms with Crippen LogP contribution in [0.2, 0.25) is 0 Å². The van der Waals surface area contributed by atoms with Gasteiger partial charge in [0.2, 0.25) is 5.69 Å². The molecule has 0 spiro atoms. The summed E-state index contributed by atoms with van der Waals surface area (Å²) in [7, 11) is -3.08. The van der Waals surface area contributed by atoms with E-state index in [4.69, 9.17) is 9.05 Å². The molecule has 0 saturated carbocycles. The Balaban J connectivity index is 1.74. The summed E-state index contributed by atoms with van der Waals surface area (Å²) in [4.78, 5) is 4.05. The van der Waals surface area contributed by atoms with E-state index in [1.165, 1.54) is 0 Å². The zero-order valence-corrected chi connectivity index (χ0v) is 16.5. The normalized spacial score (nSPS) is 11.5. The molecule has 0 atom stereocenters. The van der Waals surface area contributed by atoms with E-state index < -0.39 is 7.60 Å². The van der Waals surface area contributed by atoms with Gasteiger partial charge in [0.15, 0.2) is 12.4 Å². The molecule has 0 fully saturated rings. The molecule has 0 bridgehead atoms. The van der Waals surface area contributed by atoms with Gasteiger partial charge in [-0.1, -0.05) is 12.1 Å². The van der Waals surface area contributed by atoms with Crippen LogP contribution in [-0.2, 0) is 19.8 Å². The Morgan fingerprint density at radius 3 is 1.96 bits per heavy atom. The van der Waals surface area contributed by atoms with Gasteiger partial charge in [-0.3, -0.25) is 9.55 Å². The fourth-order valence-corrected chi connectivity index (χ4v) is 4.56. The van der Waals surface area contributed by atoms with E-state index in [-0.39, 0.29) is 6.16 Å². The van der Waals surface area contributed by atoms with Gasteiger partial charge in [-0.15, -0.1) is 0 Å². The first-order chi connectivity index (χ1) is 13.1. The summed E-state index contributed by atoms with van der Waals surface area (Å²) in [6.07, 6.45) is 7.91. The molecule has 0 amide bonds. The minimum Gasteiger partial charge on any atom is -0.309 e. The van der Waals surface area contributed by atoms with Crippen molar-refractivity contribution in [2.24, 2.45) is 0 Å². The van der Waals surface area contributed by atoms with Crippen molar-refractivity contribution in [3.8, 4) is 16.8 Å². The van der Waals surface area contributed by atoms with Gasteiger partial charge in [0.25, 0.3) is 0 Å². The molecule has 0 aliphatic rings. The summed E-state index contributed by atoms with van der Waals surface area (Å²) >= 11 is 0. The third kappa shape index (κ3) is 5.10. The van der Waals surface area contributed by atoms with Crippen LogP contribution in [0.5, 0.6) is 0 Å². The summed E-state index contributed by atoms with van der Waals surface area (Å²) < 4.78 is 25.4. The number of pyridine rings is 2. The number of benzene rings is 1. The fraction of sp³-hybridized carbons (Fsp3) is 0.238. The lowest BCUT2D eigenvalue weighted by Gasteiger charge is -2.16. The van der Waals surface area contributed by atoms with E-state index in [2.05, 4.69) is 17.1 Å². The first-order valence-corrected chi connectivity index (χ1v) is 10.8. The average molecular weight is 383 g/mol. The van der Waals surface area contributed by atoms with Crippen LogP contribution in [0.4, 0.5) is 0 Å². The smallest absolute Gasteiger partial charge is 0.309 e. The lowest BCUT2D eigenvalue weighted by Crippen LogP contribution is -2.29. The summed E-state index contributed by atoms with van der Waals surface area (Å²) in [5, 5.41) is 0. The van der Waals surface area contributed by atoms with Crippen LogP contribution in [0.1, 0.15) is 19.4 Å². The molecule has 1 aromatic carbocycles. The van der Waals surface area contributed by atoms with E-state index in [0.717, 1.165) is 22.4 Å². The van der Waals surface area contributed by atoms with Crippen LogP contribution >= 0.6 is 7.60 Å². The molecule has 6 heteroatoms. The molecular weight excluding hydrogens is 359 g/mol. The van der Waals surface area contributed by atoms with E-state index >= 15 is 0 Å². The van der Waals surface area contributed by atoms with Crippen molar-refractivity contribution in [1.29, 1.82) is 0 Å². The van der Waals surface area contributed by atoms with Gasteiger partial charge in [-0.05, 0) is 42.7 Å². The SMILES string of the molecule is CCOP(=O)(Cc1ccc(-[n+]2ccc(-c3ccncc3)cc2)cc1)OCC. The highest BCUT2D eigenvalue weighted by Crippen LogP contribution is 2.51. The van der Waals surface area contributed by atoms with Gasteiger partial charge in [0.1, 0.15) is 0 Å². The van der Waals surface area contributed by atoms with Crippen molar-refractivity contribution in [1.82, 2.24) is 4.98 Å². The fourth-order valence-electron chi connectivity index (χ4n) is 2.85. The lowest BCUT2D eigenvalue weighted by molar-refractivity contribution is -0.595. The Morgan fingerprint density at radius 1 is 0.852 bits per heavy atom. The van der Waals surface area contributed by atoms with E-state index in [1.54, 1.807) is 12.4 Å². The molecule has 0 N–H and O–H groups in total. The summed E-state index contributed by atoms with van der Waals surface area (Å²) in [5.41, 5.74) is 4.23. The molecule has 2 heterocycles. The molecule has 3 rings (SSSR count). The van der Waals surface area contributed by atoms with Gasteiger partial charge in [-0.25, -0.2) is 0 Å². The quantitative estimate of drug-likeness (QED) is 0.414. The van der Waals surface area contributed by atoms with Crippen LogP contribution in [0.15, 0.2) is 73.3 Å². The Bertz CT molecular complexity index is 887. The monoisotopic (exact) mass is 383 g/mol. The summed E-state index contributed by atoms with van der Waals surface area (Å²) in [6, 6.07) is 16.1.